The second kappa shape index (κ2) is 7.33. The lowest BCUT2D eigenvalue weighted by Gasteiger charge is -2.28. The first-order valence-electron chi connectivity index (χ1n) is 8.10. The minimum Gasteiger partial charge on any atom is -0.478 e. The third-order valence-electron chi connectivity index (χ3n) is 4.43. The van der Waals surface area contributed by atoms with Crippen LogP contribution in [0.15, 0.2) is 48.7 Å². The van der Waals surface area contributed by atoms with Gasteiger partial charge in [-0.3, -0.25) is 9.88 Å². The molecule has 0 aliphatic carbocycles. The number of rotatable bonds is 6. The maximum Gasteiger partial charge on any atom is 0.337 e. The summed E-state index contributed by atoms with van der Waals surface area (Å²) < 4.78 is 23.8. The number of benzene rings is 1. The van der Waals surface area contributed by atoms with E-state index in [9.17, 15) is 18.3 Å². The van der Waals surface area contributed by atoms with Crippen LogP contribution in [0, 0.1) is 0 Å². The molecule has 0 bridgehead atoms. The maximum absolute atomic E-state index is 11.9. The van der Waals surface area contributed by atoms with Gasteiger partial charge < -0.3 is 5.11 Å². The molecule has 2 aromatic rings. The van der Waals surface area contributed by atoms with Crippen LogP contribution in [0.25, 0.3) is 0 Å². The predicted octanol–water partition coefficient (Wildman–Crippen LogP) is 1.97. The summed E-state index contributed by atoms with van der Waals surface area (Å²) in [6, 6.07) is 12.7. The molecule has 1 atom stereocenters. The van der Waals surface area contributed by atoms with Gasteiger partial charge >= 0.3 is 5.97 Å². The van der Waals surface area contributed by atoms with E-state index in [4.69, 9.17) is 0 Å². The first kappa shape index (κ1) is 17.6. The van der Waals surface area contributed by atoms with Gasteiger partial charge in [-0.2, -0.15) is 0 Å². The SMILES string of the molecule is O=C(O)c1cccnc1CN(Cc1ccccc1)C1CCS(=O)(=O)C1. The number of sulfone groups is 1. The van der Waals surface area contributed by atoms with Gasteiger partial charge in [-0.15, -0.1) is 0 Å². The van der Waals surface area contributed by atoms with Gasteiger partial charge in [0.05, 0.1) is 22.8 Å². The molecule has 0 spiro atoms. The number of nitrogens with zero attached hydrogens (tertiary/aromatic N) is 2. The molecule has 1 aromatic carbocycles. The summed E-state index contributed by atoms with van der Waals surface area (Å²) in [4.78, 5) is 17.7. The van der Waals surface area contributed by atoms with Crippen molar-refractivity contribution >= 4 is 15.8 Å². The van der Waals surface area contributed by atoms with Gasteiger partial charge in [0.15, 0.2) is 9.84 Å². The van der Waals surface area contributed by atoms with Crippen molar-refractivity contribution in [2.45, 2.75) is 25.6 Å². The third-order valence-corrected chi connectivity index (χ3v) is 6.18. The molecule has 1 aliphatic heterocycles. The molecular formula is C18H20N2O4S. The van der Waals surface area contributed by atoms with Crippen LogP contribution in [0.4, 0.5) is 0 Å². The van der Waals surface area contributed by atoms with Crippen molar-refractivity contribution in [2.75, 3.05) is 11.5 Å². The Labute approximate surface area is 147 Å². The van der Waals surface area contributed by atoms with E-state index < -0.39 is 15.8 Å². The van der Waals surface area contributed by atoms with Crippen molar-refractivity contribution < 1.29 is 18.3 Å². The van der Waals surface area contributed by atoms with Gasteiger partial charge in [0.1, 0.15) is 0 Å². The fourth-order valence-corrected chi connectivity index (χ4v) is 4.91. The number of carboxylic acid groups (broad SMARTS) is 1. The lowest BCUT2D eigenvalue weighted by atomic mass is 10.1. The Morgan fingerprint density at radius 2 is 1.92 bits per heavy atom. The molecule has 7 heteroatoms. The number of carboxylic acids is 1. The molecule has 1 N–H and O–H groups in total. The van der Waals surface area contributed by atoms with E-state index in [1.54, 1.807) is 12.3 Å². The van der Waals surface area contributed by atoms with Crippen molar-refractivity contribution in [2.24, 2.45) is 0 Å². The second-order valence-electron chi connectivity index (χ2n) is 6.25. The fourth-order valence-electron chi connectivity index (χ4n) is 3.15. The van der Waals surface area contributed by atoms with Crippen LogP contribution in [0.1, 0.15) is 28.0 Å². The van der Waals surface area contributed by atoms with E-state index in [-0.39, 0.29) is 23.1 Å². The molecule has 3 rings (SSSR count). The Balaban J connectivity index is 1.88. The van der Waals surface area contributed by atoms with E-state index >= 15 is 0 Å². The molecule has 1 aromatic heterocycles. The Bertz CT molecular complexity index is 852. The van der Waals surface area contributed by atoms with Crippen molar-refractivity contribution in [1.29, 1.82) is 0 Å². The Hall–Kier alpha value is -2.25. The van der Waals surface area contributed by atoms with Crippen LogP contribution in [-0.4, -0.2) is 46.9 Å². The lowest BCUT2D eigenvalue weighted by molar-refractivity contribution is 0.0692. The summed E-state index contributed by atoms with van der Waals surface area (Å²) in [5.41, 5.74) is 1.66. The minimum absolute atomic E-state index is 0.106. The first-order chi connectivity index (χ1) is 11.9. The Kier molecular flexibility index (Phi) is 5.15. The van der Waals surface area contributed by atoms with Crippen molar-refractivity contribution in [3.05, 3.63) is 65.5 Å². The molecule has 1 saturated heterocycles. The van der Waals surface area contributed by atoms with E-state index in [1.165, 1.54) is 6.07 Å². The quantitative estimate of drug-likeness (QED) is 0.847. The molecule has 25 heavy (non-hydrogen) atoms. The molecule has 1 unspecified atom stereocenters. The van der Waals surface area contributed by atoms with Gasteiger partial charge in [0.25, 0.3) is 0 Å². The molecule has 1 fully saturated rings. The number of pyridine rings is 1. The monoisotopic (exact) mass is 360 g/mol. The zero-order chi connectivity index (χ0) is 17.9. The summed E-state index contributed by atoms with van der Waals surface area (Å²) in [6.45, 7) is 0.855. The largest absolute Gasteiger partial charge is 0.478 e. The van der Waals surface area contributed by atoms with E-state index in [0.29, 0.717) is 25.2 Å². The standard InChI is InChI=1S/C18H20N2O4S/c21-18(22)16-7-4-9-19-17(16)12-20(11-14-5-2-1-3-6-14)15-8-10-25(23,24)13-15/h1-7,9,15H,8,10-13H2,(H,21,22). The van der Waals surface area contributed by atoms with Crippen molar-refractivity contribution in [3.8, 4) is 0 Å². The van der Waals surface area contributed by atoms with Crippen LogP contribution in [-0.2, 0) is 22.9 Å². The van der Waals surface area contributed by atoms with Crippen molar-refractivity contribution in [3.63, 3.8) is 0 Å². The average Bonchev–Trinajstić information content (AvgIpc) is 2.95. The lowest BCUT2D eigenvalue weighted by Crippen LogP contribution is -2.36. The normalized spacial score (nSPS) is 19.2. The maximum atomic E-state index is 11.9. The molecule has 0 radical (unpaired) electrons. The fraction of sp³-hybridized carbons (Fsp3) is 0.333. The summed E-state index contributed by atoms with van der Waals surface area (Å²) in [7, 11) is -3.03. The summed E-state index contributed by atoms with van der Waals surface area (Å²) in [5, 5.41) is 9.36. The second-order valence-corrected chi connectivity index (χ2v) is 8.48. The number of hydrogen-bond donors (Lipinski definition) is 1. The number of aromatic nitrogens is 1. The summed E-state index contributed by atoms with van der Waals surface area (Å²) in [6.07, 6.45) is 2.12. The van der Waals surface area contributed by atoms with Crippen LogP contribution in [0.2, 0.25) is 0 Å². The molecule has 2 heterocycles. The third kappa shape index (κ3) is 4.43. The first-order valence-corrected chi connectivity index (χ1v) is 9.92. The van der Waals surface area contributed by atoms with Gasteiger partial charge in [-0.25, -0.2) is 13.2 Å². The molecule has 6 nitrogen and oxygen atoms in total. The van der Waals surface area contributed by atoms with Gasteiger partial charge in [0.2, 0.25) is 0 Å². The zero-order valence-electron chi connectivity index (χ0n) is 13.7. The number of carbonyl (C=O) groups is 1. The highest BCUT2D eigenvalue weighted by atomic mass is 32.2. The minimum atomic E-state index is -3.03. The summed E-state index contributed by atoms with van der Waals surface area (Å²) >= 11 is 0. The van der Waals surface area contributed by atoms with Crippen LogP contribution < -0.4 is 0 Å². The molecule has 1 aliphatic rings. The Morgan fingerprint density at radius 3 is 2.56 bits per heavy atom. The number of aromatic carboxylic acids is 1. The highest BCUT2D eigenvalue weighted by molar-refractivity contribution is 7.91. The van der Waals surface area contributed by atoms with Crippen molar-refractivity contribution in [1.82, 2.24) is 9.88 Å². The van der Waals surface area contributed by atoms with Crippen LogP contribution in [0.5, 0.6) is 0 Å². The smallest absolute Gasteiger partial charge is 0.337 e. The average molecular weight is 360 g/mol. The molecular weight excluding hydrogens is 340 g/mol. The van der Waals surface area contributed by atoms with Gasteiger partial charge in [-0.05, 0) is 24.1 Å². The van der Waals surface area contributed by atoms with E-state index in [2.05, 4.69) is 4.98 Å². The molecule has 0 amide bonds. The molecule has 132 valence electrons. The Morgan fingerprint density at radius 1 is 1.16 bits per heavy atom. The topological polar surface area (TPSA) is 87.6 Å². The van der Waals surface area contributed by atoms with Gasteiger partial charge in [-0.1, -0.05) is 30.3 Å². The van der Waals surface area contributed by atoms with Gasteiger partial charge in [0, 0.05) is 25.3 Å². The predicted molar refractivity (Wildman–Crippen MR) is 93.9 cm³/mol. The van der Waals surface area contributed by atoms with Crippen LogP contribution in [0.3, 0.4) is 0 Å². The number of hydrogen-bond acceptors (Lipinski definition) is 5. The summed E-state index contributed by atoms with van der Waals surface area (Å²) in [5.74, 6) is -0.742. The molecule has 0 saturated carbocycles. The highest BCUT2D eigenvalue weighted by Crippen LogP contribution is 2.22. The zero-order valence-corrected chi connectivity index (χ0v) is 14.5. The highest BCUT2D eigenvalue weighted by Gasteiger charge is 2.33. The van der Waals surface area contributed by atoms with E-state index in [0.717, 1.165) is 5.56 Å². The van der Waals surface area contributed by atoms with E-state index in [1.807, 2.05) is 35.2 Å². The van der Waals surface area contributed by atoms with Crippen LogP contribution >= 0.6 is 0 Å².